The zero-order chi connectivity index (χ0) is 33.6. The number of fused-ring (bicyclic) bond motifs is 5. The third kappa shape index (κ3) is 4.68. The summed E-state index contributed by atoms with van der Waals surface area (Å²) in [5.74, 6) is 1.44. The van der Waals surface area contributed by atoms with Gasteiger partial charge in [0, 0.05) is 37.2 Å². The van der Waals surface area contributed by atoms with E-state index in [0.29, 0.717) is 46.6 Å². The second-order valence-corrected chi connectivity index (χ2v) is 18.8. The van der Waals surface area contributed by atoms with Crippen molar-refractivity contribution in [2.24, 2.45) is 0 Å². The Morgan fingerprint density at radius 3 is 2.07 bits per heavy atom. The smallest absolute Gasteiger partial charge is 0.292 e. The Balaban J connectivity index is 1.65. The maximum absolute atomic E-state index is 14.2. The molecule has 2 aromatic rings. The largest absolute Gasteiger partial charge is 0.540 e. The predicted molar refractivity (Wildman–Crippen MR) is 173 cm³/mol. The van der Waals surface area contributed by atoms with E-state index in [-0.39, 0.29) is 34.9 Å². The van der Waals surface area contributed by atoms with Crippen molar-refractivity contribution < 1.29 is 47.2 Å². The normalized spacial score (nSPS) is 27.6. The average molecular weight is 656 g/mol. The lowest BCUT2D eigenvalue weighted by Crippen LogP contribution is -2.59. The Morgan fingerprint density at radius 2 is 1.52 bits per heavy atom. The first-order chi connectivity index (χ1) is 21.6. The highest BCUT2D eigenvalue weighted by molar-refractivity contribution is 6.59. The molecule has 0 N–H and O–H groups in total. The fourth-order valence-electron chi connectivity index (χ4n) is 8.21. The van der Waals surface area contributed by atoms with Crippen LogP contribution in [-0.2, 0) is 34.9 Å². The summed E-state index contributed by atoms with van der Waals surface area (Å²) in [7, 11) is 4.57. The molecule has 46 heavy (non-hydrogen) atoms. The molecule has 1 aliphatic carbocycles. The van der Waals surface area contributed by atoms with E-state index in [1.54, 1.807) is 14.2 Å². The number of ketones is 2. The lowest BCUT2D eigenvalue weighted by molar-refractivity contribution is -0.297. The molecule has 1 radical (unpaired) electrons. The number of epoxide rings is 1. The van der Waals surface area contributed by atoms with Gasteiger partial charge in [-0.05, 0) is 41.5 Å². The zero-order valence-corrected chi connectivity index (χ0v) is 29.9. The minimum absolute atomic E-state index is 0.00263. The SMILES string of the molecule is COc1c2c(c(OC)c3c(O[Si](C(C)(C)C)C(C)(C)C)c(C4OCC5(C(OC)OC)OC4C(=O)C54CO4)c(C)cc13)C(=O)CCC2. The van der Waals surface area contributed by atoms with E-state index in [2.05, 4.69) is 41.5 Å². The van der Waals surface area contributed by atoms with Gasteiger partial charge in [0.25, 0.3) is 9.04 Å². The summed E-state index contributed by atoms with van der Waals surface area (Å²) < 4.78 is 50.0. The lowest BCUT2D eigenvalue weighted by Gasteiger charge is -2.43. The van der Waals surface area contributed by atoms with E-state index in [1.807, 2.05) is 13.0 Å². The highest BCUT2D eigenvalue weighted by Crippen LogP contribution is 2.60. The molecule has 0 amide bonds. The molecule has 3 heterocycles. The van der Waals surface area contributed by atoms with Crippen molar-refractivity contribution in [1.82, 2.24) is 0 Å². The maximum Gasteiger partial charge on any atom is 0.292 e. The third-order valence-corrected chi connectivity index (χ3v) is 13.0. The van der Waals surface area contributed by atoms with Crippen LogP contribution in [0.3, 0.4) is 0 Å². The Bertz CT molecular complexity index is 1570. The second kappa shape index (κ2) is 11.3. The number of aryl methyl sites for hydroxylation is 1. The van der Waals surface area contributed by atoms with Crippen LogP contribution in [-0.4, -0.2) is 85.9 Å². The van der Waals surface area contributed by atoms with Crippen LogP contribution in [0.15, 0.2) is 6.07 Å². The number of hydrogen-bond acceptors (Lipinski definition) is 10. The van der Waals surface area contributed by atoms with E-state index in [0.717, 1.165) is 22.9 Å². The van der Waals surface area contributed by atoms with Crippen LogP contribution in [0.25, 0.3) is 10.8 Å². The first-order valence-electron chi connectivity index (χ1n) is 16.0. The highest BCUT2D eigenvalue weighted by Gasteiger charge is 2.80. The molecule has 11 heteroatoms. The van der Waals surface area contributed by atoms with Crippen molar-refractivity contribution in [1.29, 1.82) is 0 Å². The molecule has 1 spiro atoms. The van der Waals surface area contributed by atoms with Crippen molar-refractivity contribution in [2.75, 3.05) is 41.7 Å². The Morgan fingerprint density at radius 1 is 0.891 bits per heavy atom. The monoisotopic (exact) mass is 655 g/mol. The van der Waals surface area contributed by atoms with Crippen molar-refractivity contribution >= 4 is 31.4 Å². The zero-order valence-electron chi connectivity index (χ0n) is 28.9. The number of hydrogen-bond donors (Lipinski definition) is 0. The molecule has 6 rings (SSSR count). The van der Waals surface area contributed by atoms with Crippen LogP contribution < -0.4 is 13.9 Å². The molecular formula is C35H47O10Si. The average Bonchev–Trinajstić information content (AvgIpc) is 3.78. The van der Waals surface area contributed by atoms with Crippen LogP contribution in [0.5, 0.6) is 17.2 Å². The van der Waals surface area contributed by atoms with Crippen LogP contribution in [0.2, 0.25) is 10.1 Å². The topological polar surface area (TPSA) is 111 Å². The first-order valence-corrected chi connectivity index (χ1v) is 17.4. The Hall–Kier alpha value is -2.54. The van der Waals surface area contributed by atoms with Gasteiger partial charge < -0.3 is 37.6 Å². The number of carbonyl (C=O) groups is 2. The Labute approximate surface area is 273 Å². The van der Waals surface area contributed by atoms with E-state index >= 15 is 0 Å². The molecule has 0 aromatic heterocycles. The number of carbonyl (C=O) groups excluding carboxylic acids is 2. The van der Waals surface area contributed by atoms with Gasteiger partial charge in [0.2, 0.25) is 5.78 Å². The summed E-state index contributed by atoms with van der Waals surface area (Å²) in [5, 5.41) is 1.03. The summed E-state index contributed by atoms with van der Waals surface area (Å²) in [6.07, 6.45) is -0.847. The molecular weight excluding hydrogens is 608 g/mol. The summed E-state index contributed by atoms with van der Waals surface area (Å²) >= 11 is 0. The summed E-state index contributed by atoms with van der Waals surface area (Å²) in [6, 6.07) is 2.03. The standard InChI is InChI=1S/C35H47O10Si/c1-18-15-20-24(26(39-9)23-19(25(20)38-8)13-12-14-21(23)36)27(45-46(32(2,3)4)33(5,6)7)22(18)28-29-30(37)34(17-43-34)35(44-29,16-42-28)31(40-10)41-11/h15,28-29,31H,12-14,16-17H2,1-11H3. The Kier molecular flexibility index (Phi) is 8.18. The summed E-state index contributed by atoms with van der Waals surface area (Å²) in [6.45, 7) is 15.3. The minimum atomic E-state index is -1.67. The van der Waals surface area contributed by atoms with Gasteiger partial charge in [0.15, 0.2) is 29.4 Å². The molecule has 3 saturated heterocycles. The molecule has 2 bridgehead atoms. The molecule has 0 saturated carbocycles. The van der Waals surface area contributed by atoms with Crippen molar-refractivity contribution in [2.45, 2.75) is 108 Å². The molecule has 3 fully saturated rings. The fourth-order valence-corrected chi connectivity index (χ4v) is 11.5. The van der Waals surface area contributed by atoms with Crippen LogP contribution in [0.4, 0.5) is 0 Å². The lowest BCUT2D eigenvalue weighted by atomic mass is 9.83. The number of Topliss-reactive ketones (excluding diaryl/α,β-unsaturated/α-hetero) is 2. The quantitative estimate of drug-likeness (QED) is 0.196. The number of ether oxygens (including phenoxy) is 7. The predicted octanol–water partition coefficient (Wildman–Crippen LogP) is 5.82. The maximum atomic E-state index is 14.2. The van der Waals surface area contributed by atoms with Gasteiger partial charge >= 0.3 is 0 Å². The summed E-state index contributed by atoms with van der Waals surface area (Å²) in [4.78, 5) is 27.8. The van der Waals surface area contributed by atoms with E-state index in [1.165, 1.54) is 14.2 Å². The van der Waals surface area contributed by atoms with Crippen molar-refractivity contribution in [3.05, 3.63) is 28.3 Å². The second-order valence-electron chi connectivity index (χ2n) is 14.9. The van der Waals surface area contributed by atoms with Gasteiger partial charge in [0.05, 0.1) is 38.4 Å². The number of benzene rings is 2. The van der Waals surface area contributed by atoms with Crippen LogP contribution in [0, 0.1) is 6.92 Å². The van der Waals surface area contributed by atoms with Gasteiger partial charge in [-0.15, -0.1) is 0 Å². The van der Waals surface area contributed by atoms with E-state index < -0.39 is 38.7 Å². The molecule has 4 atom stereocenters. The molecule has 251 valence electrons. The first kappa shape index (κ1) is 33.4. The highest BCUT2D eigenvalue weighted by atomic mass is 28.3. The van der Waals surface area contributed by atoms with Crippen LogP contribution in [0.1, 0.15) is 87.5 Å². The van der Waals surface area contributed by atoms with E-state index in [4.69, 9.17) is 37.6 Å². The number of methoxy groups -OCH3 is 4. The minimum Gasteiger partial charge on any atom is -0.540 e. The van der Waals surface area contributed by atoms with E-state index in [9.17, 15) is 9.59 Å². The summed E-state index contributed by atoms with van der Waals surface area (Å²) in [5.41, 5.74) is 0.442. The van der Waals surface area contributed by atoms with Gasteiger partial charge in [-0.1, -0.05) is 41.5 Å². The molecule has 4 aliphatic rings. The van der Waals surface area contributed by atoms with Gasteiger partial charge in [0.1, 0.15) is 23.4 Å². The molecule has 2 aromatic carbocycles. The van der Waals surface area contributed by atoms with Crippen molar-refractivity contribution in [3.63, 3.8) is 0 Å². The fraction of sp³-hybridized carbons (Fsp3) is 0.657. The molecule has 4 unspecified atom stereocenters. The molecule has 3 aliphatic heterocycles. The van der Waals surface area contributed by atoms with Gasteiger partial charge in [-0.3, -0.25) is 9.59 Å². The van der Waals surface area contributed by atoms with Crippen LogP contribution >= 0.6 is 0 Å². The number of rotatable bonds is 8. The molecule has 10 nitrogen and oxygen atoms in total. The van der Waals surface area contributed by atoms with Gasteiger partial charge in [-0.25, -0.2) is 0 Å². The third-order valence-electron chi connectivity index (χ3n) is 9.84. The van der Waals surface area contributed by atoms with Crippen molar-refractivity contribution in [3.8, 4) is 17.2 Å². The van der Waals surface area contributed by atoms with Gasteiger partial charge in [-0.2, -0.15) is 0 Å².